The zero-order chi connectivity index (χ0) is 96.9. The van der Waals surface area contributed by atoms with E-state index in [0.717, 1.165) is 204 Å². The molecule has 0 bridgehead atoms. The summed E-state index contributed by atoms with van der Waals surface area (Å²) in [7, 11) is -19.6. The maximum absolute atomic E-state index is 10.3. The second-order valence-corrected chi connectivity index (χ2v) is 80.2. The molecule has 0 amide bonds. The molecule has 10 unspecified atom stereocenters. The van der Waals surface area contributed by atoms with Gasteiger partial charge in [-0.15, -0.1) is 0 Å². The van der Waals surface area contributed by atoms with Crippen LogP contribution in [0.4, 0.5) is 0 Å². The van der Waals surface area contributed by atoms with E-state index in [4.69, 9.17) is 101 Å². The number of aliphatic hydroxyl groups is 2. The predicted octanol–water partition coefficient (Wildman–Crippen LogP) is 14.8. The van der Waals surface area contributed by atoms with Crippen molar-refractivity contribution < 1.29 is 82.3 Å². The molecule has 0 aromatic carbocycles. The van der Waals surface area contributed by atoms with Crippen LogP contribution in [0.2, 0.25) is 147 Å². The zero-order valence-electron chi connectivity index (χ0n) is 87.9. The fourth-order valence-electron chi connectivity index (χ4n) is 14.1. The largest absolute Gasteiger partial charge is 0.636 e. The van der Waals surface area contributed by atoms with Gasteiger partial charge in [0.1, 0.15) is 0 Å². The van der Waals surface area contributed by atoms with Crippen LogP contribution < -0.4 is 55.3 Å². The van der Waals surface area contributed by atoms with Crippen LogP contribution >= 0.6 is 0 Å². The average Bonchev–Trinajstić information content (AvgIpc) is 0.776. The van der Waals surface area contributed by atoms with Crippen molar-refractivity contribution in [3.63, 3.8) is 0 Å². The Hall–Kier alpha value is 0.832. The van der Waals surface area contributed by atoms with Crippen molar-refractivity contribution in [3.05, 3.63) is 0 Å². The highest BCUT2D eigenvalue weighted by Gasteiger charge is 2.58. The van der Waals surface area contributed by atoms with E-state index < -0.39 is 87.8 Å². The summed E-state index contributed by atoms with van der Waals surface area (Å²) in [5.74, 6) is 2.46. The molecule has 0 aliphatic carbocycles. The van der Waals surface area contributed by atoms with Crippen LogP contribution in [0.3, 0.4) is 0 Å². The highest BCUT2D eigenvalue weighted by Crippen LogP contribution is 2.36. The monoisotopic (exact) mass is 1990 g/mol. The van der Waals surface area contributed by atoms with Crippen LogP contribution in [0.5, 0.6) is 0 Å². The van der Waals surface area contributed by atoms with Crippen molar-refractivity contribution >= 4 is 75.6 Å². The van der Waals surface area contributed by atoms with E-state index in [1.807, 2.05) is 27.7 Å². The van der Waals surface area contributed by atoms with Gasteiger partial charge in [0.2, 0.25) is 0 Å². The standard InChI is InChI=1S/C31H69NO7Si2.C30H68N2O7Si2.C29H77N7O4Si5.CH4/c1-26(2)20-37-21-27(3)12-14-30(33)24-35-16-10-18-40(6,7)39-41(8,9)19-11-17-36-25-31(34)15-13-28(4)22-38-23-29(5)32;1-25(2)18-35-22-29(6)37-15-13-33-19-26(3)12-17-40(8,9)39-41(10,11)24-32-28(5)21-34-14-16-38-30(7)23-36-20-27(4)31;1-10-18-33-19-11-26-41(2,3)37-45(38-42(4,5)27-12-20-34-23-15-30,39-43(6,7)28-13-21-35-24-16-31)40-44(8,9)29-14-22-36-25-17-32;/h26-31,33-34H,10-25,32H2,1-9H3;25-30,32H,12-24,31H2,1-11H3;33-36H,10-32H2,1-9H3;1H4. The number of hydrogen-bond acceptors (Lipinski definition) is 28. The zero-order valence-corrected chi connectivity index (χ0v) is 96.9. The van der Waals surface area contributed by atoms with E-state index in [2.05, 4.69) is 194 Å². The number of aliphatic hydroxyl groups excluding tert-OH is 2. The van der Waals surface area contributed by atoms with E-state index in [9.17, 15) is 10.2 Å². The number of rotatable bonds is 88. The lowest BCUT2D eigenvalue weighted by Gasteiger charge is -2.46. The lowest BCUT2D eigenvalue weighted by atomic mass is 10.0. The van der Waals surface area contributed by atoms with E-state index in [0.29, 0.717) is 142 Å². The van der Waals surface area contributed by atoms with Gasteiger partial charge < -0.3 is 138 Å². The molecule has 0 heterocycles. The Balaban J connectivity index is -0.000000899. The third kappa shape index (κ3) is 90.7. The third-order valence-corrected chi connectivity index (χ3v) is 54.3. The van der Waals surface area contributed by atoms with Crippen molar-refractivity contribution in [2.75, 3.05) is 197 Å². The van der Waals surface area contributed by atoms with Crippen molar-refractivity contribution in [1.29, 1.82) is 0 Å². The van der Waals surface area contributed by atoms with Gasteiger partial charge in [-0.1, -0.05) is 62.8 Å². The maximum Gasteiger partial charge on any atom is 0.636 e. The van der Waals surface area contributed by atoms with Crippen molar-refractivity contribution in [1.82, 2.24) is 26.6 Å². The predicted molar refractivity (Wildman–Crippen MR) is 564 cm³/mol. The number of hydrogen-bond donors (Lipinski definition) is 12. The Labute approximate surface area is 798 Å². The van der Waals surface area contributed by atoms with Crippen molar-refractivity contribution in [3.8, 4) is 0 Å². The number of nitrogens with one attached hydrogen (secondary N) is 5. The molecule has 0 radical (unpaired) electrons. The minimum Gasteiger partial charge on any atom is -0.455 e. The van der Waals surface area contributed by atoms with Gasteiger partial charge in [0.25, 0.3) is 0 Å². The third-order valence-electron chi connectivity index (χ3n) is 20.7. The molecule has 0 aliphatic heterocycles. The summed E-state index contributed by atoms with van der Waals surface area (Å²) in [4.78, 5) is 0. The first kappa shape index (κ1) is 135. The lowest BCUT2D eigenvalue weighted by Crippen LogP contribution is -2.66. The summed E-state index contributed by atoms with van der Waals surface area (Å²) in [5, 5.41) is 38.0. The summed E-state index contributed by atoms with van der Waals surface area (Å²) < 4.78 is 100. The smallest absolute Gasteiger partial charge is 0.455 e. The number of nitrogens with two attached hydrogens (primary N) is 5. The molecule has 0 aromatic rings. The van der Waals surface area contributed by atoms with Crippen LogP contribution in [0.1, 0.15) is 174 Å². The van der Waals surface area contributed by atoms with Crippen molar-refractivity contribution in [2.24, 2.45) is 58.3 Å². The first-order chi connectivity index (χ1) is 59.3. The van der Waals surface area contributed by atoms with Crippen LogP contribution in [-0.4, -0.2) is 325 Å². The Bertz CT molecular complexity index is 2250. The molecule has 0 saturated carbocycles. The molecule has 17 N–H and O–H groups in total. The molecule has 28 nitrogen and oxygen atoms in total. The first-order valence-corrected chi connectivity index (χ1v) is 76.5. The summed E-state index contributed by atoms with van der Waals surface area (Å²) >= 11 is 0. The van der Waals surface area contributed by atoms with Gasteiger partial charge in [0, 0.05) is 110 Å². The highest BCUT2D eigenvalue weighted by molar-refractivity contribution is 6.92. The molecule has 37 heteroatoms. The molecule has 0 aliphatic rings. The first-order valence-electron chi connectivity index (χ1n) is 49.9. The lowest BCUT2D eigenvalue weighted by molar-refractivity contribution is -0.0367. The average molecular weight is 1990 g/mol. The molecule has 0 saturated heterocycles. The SMILES string of the molecule is C.CC(C)COCC(C)CCC(O)COCCC[Si](C)(C)O[Si](C)(C)CCCOCC(O)CCC(C)COCC(C)N.CC(C)COCC(C)OCCOCC(C)CC[Si](C)(C)O[Si](C)(C)CNC(C)COCCOC(C)COCC(C)N.CCCNCCC[Si](C)(C)O[Si](O[Si](C)(C)CCCNCCN)(O[Si](C)(C)CCCNCCN)O[Si](C)(C)CCCNCCN. The Morgan fingerprint density at radius 3 is 0.945 bits per heavy atom. The van der Waals surface area contributed by atoms with E-state index in [1.54, 1.807) is 0 Å². The van der Waals surface area contributed by atoms with E-state index in [1.165, 1.54) is 0 Å². The Kier molecular flexibility index (Phi) is 83.9. The van der Waals surface area contributed by atoms with E-state index in [-0.39, 0.29) is 37.8 Å². The van der Waals surface area contributed by atoms with Gasteiger partial charge in [0.15, 0.2) is 66.5 Å². The molecule has 0 aromatic heterocycles. The van der Waals surface area contributed by atoms with Crippen LogP contribution in [0.15, 0.2) is 0 Å². The van der Waals surface area contributed by atoms with Gasteiger partial charge in [-0.2, -0.15) is 0 Å². The second-order valence-electron chi connectivity index (χ2n) is 42.3. The quantitative estimate of drug-likeness (QED) is 0.0199. The van der Waals surface area contributed by atoms with Crippen LogP contribution in [-0.2, 0) is 72.1 Å². The topological polar surface area (TPSA) is 378 Å². The molecule has 0 spiro atoms. The molecule has 0 rings (SSSR count). The van der Waals surface area contributed by atoms with E-state index >= 15 is 0 Å². The Morgan fingerprint density at radius 1 is 0.289 bits per heavy atom. The summed E-state index contributed by atoms with van der Waals surface area (Å²) in [6.07, 6.45) is 11.9. The summed E-state index contributed by atoms with van der Waals surface area (Å²) in [6, 6.07) is 7.68. The maximum atomic E-state index is 10.3. The minimum absolute atomic E-state index is 0. The molecular formula is C91H218N10O18Si9. The summed E-state index contributed by atoms with van der Waals surface area (Å²) in [5.41, 5.74) is 28.5. The molecular weight excluding hydrogens is 1770 g/mol. The number of ether oxygens (including phenoxy) is 10. The van der Waals surface area contributed by atoms with Gasteiger partial charge in [0.05, 0.1) is 97.1 Å². The van der Waals surface area contributed by atoms with Crippen LogP contribution in [0, 0.1) is 29.6 Å². The second kappa shape index (κ2) is 79.5. The fraction of sp³-hybridized carbons (Fsp3) is 1.00. The van der Waals surface area contributed by atoms with Gasteiger partial charge in [-0.25, -0.2) is 0 Å². The fourth-order valence-corrected chi connectivity index (χ4v) is 51.4. The van der Waals surface area contributed by atoms with Gasteiger partial charge in [-0.3, -0.25) is 0 Å². The summed E-state index contributed by atoms with van der Waals surface area (Å²) in [6.45, 7) is 85.1. The van der Waals surface area contributed by atoms with Gasteiger partial charge in [-0.05, 0) is 321 Å². The highest BCUT2D eigenvalue weighted by atomic mass is 28.5. The normalized spacial score (nSPS) is 15.4. The molecule has 0 fully saturated rings. The molecule has 776 valence electrons. The molecule has 10 atom stereocenters. The van der Waals surface area contributed by atoms with Crippen LogP contribution in [0.25, 0.3) is 0 Å². The molecule has 128 heavy (non-hydrogen) atoms. The Morgan fingerprint density at radius 2 is 0.586 bits per heavy atom. The minimum atomic E-state index is -3.53. The van der Waals surface area contributed by atoms with Gasteiger partial charge >= 0.3 is 9.05 Å². The van der Waals surface area contributed by atoms with Crippen molar-refractivity contribution in [2.45, 2.75) is 364 Å².